The first kappa shape index (κ1) is 33.3. The molecule has 0 unspecified atom stereocenters. The largest absolute Gasteiger partial charge is 0.208 e. The average Bonchev–Trinajstić information content (AvgIpc) is 3.67. The lowest BCUT2D eigenvalue weighted by Gasteiger charge is -2.18. The van der Waals surface area contributed by atoms with Crippen molar-refractivity contribution in [1.29, 1.82) is 0 Å². The van der Waals surface area contributed by atoms with E-state index in [1.165, 1.54) is 64.5 Å². The van der Waals surface area contributed by atoms with Gasteiger partial charge in [-0.25, -0.2) is 15.0 Å². The van der Waals surface area contributed by atoms with Crippen LogP contribution in [0.15, 0.2) is 182 Å². The molecule has 0 bridgehead atoms. The van der Waals surface area contributed by atoms with Crippen LogP contribution in [-0.4, -0.2) is 15.0 Å². The molecule has 0 atom stereocenters. The predicted octanol–water partition coefficient (Wildman–Crippen LogP) is 14.4. The van der Waals surface area contributed by atoms with Crippen LogP contribution < -0.4 is 0 Å². The molecule has 1 aliphatic carbocycles. The summed E-state index contributed by atoms with van der Waals surface area (Å²) < 4.78 is 2.52. The highest BCUT2D eigenvalue weighted by molar-refractivity contribution is 7.26. The molecule has 0 aliphatic heterocycles. The zero-order valence-corrected chi connectivity index (χ0v) is 31.9. The van der Waals surface area contributed by atoms with Crippen LogP contribution in [-0.2, 0) is 6.42 Å². The topological polar surface area (TPSA) is 38.7 Å². The Morgan fingerprint density at radius 3 is 1.61 bits per heavy atom. The van der Waals surface area contributed by atoms with Crippen molar-refractivity contribution in [1.82, 2.24) is 15.0 Å². The third-order valence-electron chi connectivity index (χ3n) is 11.2. The number of aromatic nitrogens is 3. The number of rotatable bonds is 6. The number of hydrogen-bond acceptors (Lipinski definition) is 4. The molecule has 8 aromatic carbocycles. The van der Waals surface area contributed by atoms with E-state index >= 15 is 0 Å². The van der Waals surface area contributed by atoms with Crippen molar-refractivity contribution in [2.75, 3.05) is 0 Å². The Morgan fingerprint density at radius 1 is 0.404 bits per heavy atom. The first-order valence-electron chi connectivity index (χ1n) is 19.5. The Hall–Kier alpha value is -7.01. The van der Waals surface area contributed by atoms with E-state index in [-0.39, 0.29) is 0 Å². The van der Waals surface area contributed by atoms with Gasteiger partial charge < -0.3 is 0 Å². The lowest BCUT2D eigenvalue weighted by molar-refractivity contribution is 0.992. The van der Waals surface area contributed by atoms with Gasteiger partial charge in [-0.3, -0.25) is 0 Å². The van der Waals surface area contributed by atoms with Crippen molar-refractivity contribution < 1.29 is 0 Å². The van der Waals surface area contributed by atoms with Gasteiger partial charge in [0, 0.05) is 36.9 Å². The normalized spacial score (nSPS) is 12.4. The van der Waals surface area contributed by atoms with Gasteiger partial charge in [0.15, 0.2) is 17.5 Å². The highest BCUT2D eigenvalue weighted by atomic mass is 32.1. The fourth-order valence-corrected chi connectivity index (χ4v) is 9.50. The molecule has 2 heterocycles. The number of thiophene rings is 1. The Balaban J connectivity index is 1.03. The van der Waals surface area contributed by atoms with Gasteiger partial charge in [-0.15, -0.1) is 11.3 Å². The van der Waals surface area contributed by atoms with Crippen LogP contribution >= 0.6 is 11.3 Å². The summed E-state index contributed by atoms with van der Waals surface area (Å²) in [6, 6.07) is 62.7. The van der Waals surface area contributed by atoms with Gasteiger partial charge >= 0.3 is 0 Å². The maximum atomic E-state index is 5.16. The molecule has 1 aliphatic rings. The van der Waals surface area contributed by atoms with Gasteiger partial charge in [-0.1, -0.05) is 170 Å². The maximum absolute atomic E-state index is 5.16. The van der Waals surface area contributed by atoms with Gasteiger partial charge in [0.2, 0.25) is 0 Å². The SMILES string of the molecule is C1=Cc2c(c(-c3ccc(-c4ccccc4)cc3)cc3sc4cc(-c5nc(-c6ccc(-c7ccccc7)cc6)nc(-c6ccc7ccccc7c6)n5)ccc4c23)CC1. The van der Waals surface area contributed by atoms with E-state index in [1.807, 2.05) is 17.4 Å². The molecule has 2 aromatic heterocycles. The van der Waals surface area contributed by atoms with Gasteiger partial charge in [0.1, 0.15) is 0 Å². The molecule has 3 nitrogen and oxygen atoms in total. The minimum atomic E-state index is 0.654. The molecule has 0 amide bonds. The highest BCUT2D eigenvalue weighted by Gasteiger charge is 2.20. The summed E-state index contributed by atoms with van der Waals surface area (Å²) in [6.45, 7) is 0. The van der Waals surface area contributed by atoms with Crippen molar-refractivity contribution in [3.05, 3.63) is 193 Å². The van der Waals surface area contributed by atoms with E-state index in [0.717, 1.165) is 40.5 Å². The molecule has 10 aromatic rings. The monoisotopic (exact) mass is 745 g/mol. The highest BCUT2D eigenvalue weighted by Crippen LogP contribution is 2.45. The third kappa shape index (κ3) is 6.12. The Kier molecular flexibility index (Phi) is 8.15. The van der Waals surface area contributed by atoms with Crippen molar-refractivity contribution >= 4 is 48.4 Å². The zero-order chi connectivity index (χ0) is 37.7. The second-order valence-corrected chi connectivity index (χ2v) is 15.8. The van der Waals surface area contributed by atoms with E-state index in [4.69, 9.17) is 15.0 Å². The number of benzene rings is 8. The smallest absolute Gasteiger partial charge is 0.164 e. The van der Waals surface area contributed by atoms with Crippen molar-refractivity contribution in [3.8, 4) is 67.5 Å². The fourth-order valence-electron chi connectivity index (χ4n) is 8.29. The molecule has 0 saturated carbocycles. The zero-order valence-electron chi connectivity index (χ0n) is 31.1. The van der Waals surface area contributed by atoms with Crippen LogP contribution in [0.1, 0.15) is 17.5 Å². The standard InChI is InChI=1S/C53H35N3S/c1-3-11-34(12-4-1)37-19-24-39(25-20-37)47-33-49-50(45-18-10-9-17-44(45)47)46-30-29-43(32-48(46)57-49)53-55-51(40-26-21-38(22-27-40)35-13-5-2-6-14-35)54-52(56-53)42-28-23-36-15-7-8-16-41(36)31-42/h1-8,10-16,18-33H,9,17H2. The first-order chi connectivity index (χ1) is 28.2. The quantitative estimate of drug-likeness (QED) is 0.170. The summed E-state index contributed by atoms with van der Waals surface area (Å²) in [5.74, 6) is 1.98. The number of nitrogens with zero attached hydrogens (tertiary/aromatic N) is 3. The van der Waals surface area contributed by atoms with E-state index in [1.54, 1.807) is 0 Å². The van der Waals surface area contributed by atoms with Gasteiger partial charge in [-0.05, 0) is 86.3 Å². The molecule has 57 heavy (non-hydrogen) atoms. The molecule has 268 valence electrons. The Morgan fingerprint density at radius 2 is 0.930 bits per heavy atom. The third-order valence-corrected chi connectivity index (χ3v) is 12.3. The van der Waals surface area contributed by atoms with Crippen LogP contribution in [0.3, 0.4) is 0 Å². The number of hydrogen-bond donors (Lipinski definition) is 0. The fraction of sp³-hybridized carbons (Fsp3) is 0.0377. The van der Waals surface area contributed by atoms with Gasteiger partial charge in [0.05, 0.1) is 0 Å². The molecule has 0 N–H and O–H groups in total. The van der Waals surface area contributed by atoms with Crippen molar-refractivity contribution in [3.63, 3.8) is 0 Å². The molecule has 0 saturated heterocycles. The van der Waals surface area contributed by atoms with Gasteiger partial charge in [0.25, 0.3) is 0 Å². The van der Waals surface area contributed by atoms with Gasteiger partial charge in [-0.2, -0.15) is 0 Å². The van der Waals surface area contributed by atoms with Crippen molar-refractivity contribution in [2.24, 2.45) is 0 Å². The van der Waals surface area contributed by atoms with Crippen LogP contribution in [0.25, 0.3) is 105 Å². The van der Waals surface area contributed by atoms with Crippen LogP contribution in [0.4, 0.5) is 0 Å². The summed E-state index contributed by atoms with van der Waals surface area (Å²) in [5.41, 5.74) is 13.1. The summed E-state index contributed by atoms with van der Waals surface area (Å²) in [7, 11) is 0. The molecular weight excluding hydrogens is 711 g/mol. The number of allylic oxidation sites excluding steroid dienone is 1. The van der Waals surface area contributed by atoms with Crippen molar-refractivity contribution in [2.45, 2.75) is 12.8 Å². The Bertz CT molecular complexity index is 3150. The molecule has 11 rings (SSSR count). The summed E-state index contributed by atoms with van der Waals surface area (Å²) >= 11 is 1.85. The lowest BCUT2D eigenvalue weighted by Crippen LogP contribution is -2.00. The molecule has 0 spiro atoms. The van der Waals surface area contributed by atoms with Crippen LogP contribution in [0, 0.1) is 0 Å². The van der Waals surface area contributed by atoms with E-state index in [9.17, 15) is 0 Å². The Labute approximate surface area is 335 Å². The average molecular weight is 746 g/mol. The summed E-state index contributed by atoms with van der Waals surface area (Å²) in [6.07, 6.45) is 6.76. The van der Waals surface area contributed by atoms with E-state index in [2.05, 4.69) is 182 Å². The molecule has 4 heteroatoms. The number of fused-ring (bicyclic) bond motifs is 6. The molecule has 0 fully saturated rings. The predicted molar refractivity (Wildman–Crippen MR) is 240 cm³/mol. The maximum Gasteiger partial charge on any atom is 0.164 e. The summed E-state index contributed by atoms with van der Waals surface area (Å²) in [5, 5.41) is 4.95. The first-order valence-corrected chi connectivity index (χ1v) is 20.3. The lowest BCUT2D eigenvalue weighted by atomic mass is 9.86. The molecule has 0 radical (unpaired) electrons. The van der Waals surface area contributed by atoms with E-state index in [0.29, 0.717) is 17.5 Å². The minimum Gasteiger partial charge on any atom is -0.208 e. The van der Waals surface area contributed by atoms with Crippen LogP contribution in [0.2, 0.25) is 0 Å². The molecular formula is C53H35N3S. The van der Waals surface area contributed by atoms with Crippen LogP contribution in [0.5, 0.6) is 0 Å². The summed E-state index contributed by atoms with van der Waals surface area (Å²) in [4.78, 5) is 15.4. The second kappa shape index (κ2) is 13.9. The van der Waals surface area contributed by atoms with E-state index < -0.39 is 0 Å². The minimum absolute atomic E-state index is 0.654. The second-order valence-electron chi connectivity index (χ2n) is 14.7.